The Hall–Kier alpha value is -7.22. The zero-order chi connectivity index (χ0) is 37.9. The van der Waals surface area contributed by atoms with Crippen molar-refractivity contribution in [3.63, 3.8) is 0 Å². The van der Waals surface area contributed by atoms with E-state index >= 15 is 0 Å². The highest BCUT2D eigenvalue weighted by molar-refractivity contribution is 6.09. The van der Waals surface area contributed by atoms with Crippen molar-refractivity contribution in [2.75, 3.05) is 4.90 Å². The molecule has 1 aliphatic rings. The number of nitrogens with zero attached hydrogens (tertiary/aromatic N) is 1. The summed E-state index contributed by atoms with van der Waals surface area (Å²) in [6.45, 7) is 2.39. The van der Waals surface area contributed by atoms with Gasteiger partial charge in [-0.25, -0.2) is 0 Å². The second kappa shape index (κ2) is 13.2. The fourth-order valence-electron chi connectivity index (χ4n) is 9.57. The Kier molecular flexibility index (Phi) is 7.69. The molecule has 11 rings (SSSR count). The first kappa shape index (κ1) is 33.1. The smallest absolute Gasteiger partial charge is 0.0540 e. The van der Waals surface area contributed by atoms with Crippen LogP contribution in [0.25, 0.3) is 65.7 Å². The fraction of sp³-hybridized carbons (Fsp3) is 0.0357. The van der Waals surface area contributed by atoms with Crippen molar-refractivity contribution in [1.29, 1.82) is 0 Å². The minimum atomic E-state index is -0.260. The standard InChI is InChI=1S/C56H39N/c1-56(42-19-3-2-4-20-42)52-27-12-11-24-51(52)55-50(26-14-28-53(55)56)48-35-36-54(49-23-10-9-22-47(48)49)57(44-34-29-38-15-5-6-17-41(38)37-44)43-32-30-40(31-33-43)46-25-13-18-39-16-7-8-21-45(39)46/h2-37H,1H3. The molecule has 1 atom stereocenters. The molecule has 57 heavy (non-hydrogen) atoms. The molecule has 0 aromatic heterocycles. The highest BCUT2D eigenvalue weighted by Gasteiger charge is 2.41. The molecule has 10 aromatic rings. The van der Waals surface area contributed by atoms with Crippen molar-refractivity contribution in [1.82, 2.24) is 0 Å². The van der Waals surface area contributed by atoms with E-state index in [-0.39, 0.29) is 5.41 Å². The van der Waals surface area contributed by atoms with Crippen LogP contribution in [0, 0.1) is 0 Å². The van der Waals surface area contributed by atoms with Crippen LogP contribution in [0.1, 0.15) is 23.6 Å². The maximum absolute atomic E-state index is 2.43. The van der Waals surface area contributed by atoms with Crippen molar-refractivity contribution in [3.05, 3.63) is 235 Å². The molecule has 0 saturated carbocycles. The average molecular weight is 726 g/mol. The van der Waals surface area contributed by atoms with Crippen LogP contribution in [0.5, 0.6) is 0 Å². The van der Waals surface area contributed by atoms with Gasteiger partial charge in [-0.2, -0.15) is 0 Å². The fourth-order valence-corrected chi connectivity index (χ4v) is 9.57. The maximum atomic E-state index is 2.43. The van der Waals surface area contributed by atoms with Crippen LogP contribution in [0.3, 0.4) is 0 Å². The van der Waals surface area contributed by atoms with Gasteiger partial charge in [-0.15, -0.1) is 0 Å². The molecule has 0 bridgehead atoms. The second-order valence-corrected chi connectivity index (χ2v) is 15.4. The van der Waals surface area contributed by atoms with E-state index in [0.717, 1.165) is 17.1 Å². The predicted molar refractivity (Wildman–Crippen MR) is 242 cm³/mol. The van der Waals surface area contributed by atoms with Gasteiger partial charge in [-0.05, 0) is 114 Å². The minimum Gasteiger partial charge on any atom is -0.310 e. The third-order valence-corrected chi connectivity index (χ3v) is 12.3. The number of rotatable bonds is 6. The summed E-state index contributed by atoms with van der Waals surface area (Å²) in [7, 11) is 0. The number of anilines is 3. The SMILES string of the molecule is CC1(c2ccccc2)c2ccccc2-c2c(-c3ccc(N(c4ccc(-c5cccc6ccccc56)cc4)c4ccc5ccccc5c4)c4ccccc34)cccc21. The monoisotopic (exact) mass is 725 g/mol. The Balaban J connectivity index is 1.10. The van der Waals surface area contributed by atoms with Crippen LogP contribution in [0.4, 0.5) is 17.1 Å². The van der Waals surface area contributed by atoms with Crippen molar-refractivity contribution in [3.8, 4) is 33.4 Å². The van der Waals surface area contributed by atoms with Crippen LogP contribution in [-0.2, 0) is 5.41 Å². The highest BCUT2D eigenvalue weighted by Crippen LogP contribution is 2.56. The van der Waals surface area contributed by atoms with E-state index in [0.29, 0.717) is 0 Å². The molecule has 1 unspecified atom stereocenters. The maximum Gasteiger partial charge on any atom is 0.0540 e. The van der Waals surface area contributed by atoms with Gasteiger partial charge in [-0.3, -0.25) is 0 Å². The van der Waals surface area contributed by atoms with Gasteiger partial charge in [-0.1, -0.05) is 188 Å². The van der Waals surface area contributed by atoms with Gasteiger partial charge in [0, 0.05) is 22.2 Å². The number of benzene rings is 10. The molecule has 0 radical (unpaired) electrons. The van der Waals surface area contributed by atoms with Crippen LogP contribution in [0.15, 0.2) is 218 Å². The number of fused-ring (bicyclic) bond motifs is 6. The third kappa shape index (κ3) is 5.24. The van der Waals surface area contributed by atoms with E-state index in [1.54, 1.807) is 0 Å². The van der Waals surface area contributed by atoms with Crippen LogP contribution >= 0.6 is 0 Å². The molecule has 0 amide bonds. The van der Waals surface area contributed by atoms with Crippen LogP contribution in [-0.4, -0.2) is 0 Å². The lowest BCUT2D eigenvalue weighted by atomic mass is 9.74. The largest absolute Gasteiger partial charge is 0.310 e. The van der Waals surface area contributed by atoms with Gasteiger partial charge >= 0.3 is 0 Å². The first-order valence-corrected chi connectivity index (χ1v) is 19.8. The van der Waals surface area contributed by atoms with E-state index in [9.17, 15) is 0 Å². The molecule has 268 valence electrons. The molecule has 0 fully saturated rings. The molecule has 0 N–H and O–H groups in total. The predicted octanol–water partition coefficient (Wildman–Crippen LogP) is 15.3. The minimum absolute atomic E-state index is 0.260. The lowest BCUT2D eigenvalue weighted by molar-refractivity contribution is 0.714. The molecule has 0 saturated heterocycles. The van der Waals surface area contributed by atoms with Gasteiger partial charge in [0.05, 0.1) is 5.69 Å². The van der Waals surface area contributed by atoms with Gasteiger partial charge < -0.3 is 4.90 Å². The lowest BCUT2D eigenvalue weighted by Gasteiger charge is -2.29. The zero-order valence-electron chi connectivity index (χ0n) is 31.7. The quantitative estimate of drug-likeness (QED) is 0.165. The molecular weight excluding hydrogens is 687 g/mol. The zero-order valence-corrected chi connectivity index (χ0v) is 31.7. The Morgan fingerprint density at radius 3 is 1.79 bits per heavy atom. The van der Waals surface area contributed by atoms with Crippen LogP contribution in [0.2, 0.25) is 0 Å². The van der Waals surface area contributed by atoms with Gasteiger partial charge in [0.2, 0.25) is 0 Å². The molecule has 0 heterocycles. The van der Waals surface area contributed by atoms with Gasteiger partial charge in [0.1, 0.15) is 0 Å². The number of hydrogen-bond acceptors (Lipinski definition) is 1. The van der Waals surface area contributed by atoms with Crippen molar-refractivity contribution in [2.45, 2.75) is 12.3 Å². The van der Waals surface area contributed by atoms with Crippen molar-refractivity contribution < 1.29 is 0 Å². The van der Waals surface area contributed by atoms with Crippen LogP contribution < -0.4 is 4.90 Å². The van der Waals surface area contributed by atoms with E-state index in [1.807, 2.05) is 0 Å². The molecule has 1 aliphatic carbocycles. The lowest BCUT2D eigenvalue weighted by Crippen LogP contribution is -2.22. The molecule has 1 nitrogen and oxygen atoms in total. The first-order chi connectivity index (χ1) is 28.2. The van der Waals surface area contributed by atoms with E-state index in [2.05, 4.69) is 230 Å². The van der Waals surface area contributed by atoms with Crippen molar-refractivity contribution >= 4 is 49.4 Å². The molecule has 1 heteroatoms. The Morgan fingerprint density at radius 1 is 0.351 bits per heavy atom. The van der Waals surface area contributed by atoms with E-state index in [4.69, 9.17) is 0 Å². The summed E-state index contributed by atoms with van der Waals surface area (Å²) >= 11 is 0. The summed E-state index contributed by atoms with van der Waals surface area (Å²) in [6.07, 6.45) is 0. The Labute approximate surface area is 333 Å². The number of hydrogen-bond donors (Lipinski definition) is 0. The molecule has 0 aliphatic heterocycles. The topological polar surface area (TPSA) is 3.24 Å². The summed E-state index contributed by atoms with van der Waals surface area (Å²) in [4.78, 5) is 2.43. The first-order valence-electron chi connectivity index (χ1n) is 19.8. The molecule has 10 aromatic carbocycles. The summed E-state index contributed by atoms with van der Waals surface area (Å²) in [5.74, 6) is 0. The second-order valence-electron chi connectivity index (χ2n) is 15.4. The summed E-state index contributed by atoms with van der Waals surface area (Å²) in [6, 6.07) is 80.3. The molecular formula is C56H39N. The summed E-state index contributed by atoms with van der Waals surface area (Å²) in [5, 5.41) is 7.39. The third-order valence-electron chi connectivity index (χ3n) is 12.3. The Morgan fingerprint density at radius 2 is 0.947 bits per heavy atom. The molecule has 0 spiro atoms. The average Bonchev–Trinajstić information content (AvgIpc) is 3.55. The summed E-state index contributed by atoms with van der Waals surface area (Å²) in [5.41, 5.74) is 14.7. The van der Waals surface area contributed by atoms with Gasteiger partial charge in [0.15, 0.2) is 0 Å². The summed E-state index contributed by atoms with van der Waals surface area (Å²) < 4.78 is 0. The van der Waals surface area contributed by atoms with E-state index < -0.39 is 0 Å². The van der Waals surface area contributed by atoms with E-state index in [1.165, 1.54) is 82.4 Å². The van der Waals surface area contributed by atoms with Crippen molar-refractivity contribution in [2.24, 2.45) is 0 Å². The van der Waals surface area contributed by atoms with Gasteiger partial charge in [0.25, 0.3) is 0 Å². The normalized spacial score (nSPS) is 14.5. The Bertz CT molecular complexity index is 3140. The highest BCUT2D eigenvalue weighted by atomic mass is 15.1.